The van der Waals surface area contributed by atoms with Crippen LogP contribution in [0, 0.1) is 6.92 Å². The van der Waals surface area contributed by atoms with Gasteiger partial charge in [0.15, 0.2) is 11.5 Å². The molecule has 0 saturated heterocycles. The van der Waals surface area contributed by atoms with Crippen LogP contribution in [0.3, 0.4) is 0 Å². The number of hydrogen-bond donors (Lipinski definition) is 1. The van der Waals surface area contributed by atoms with Crippen molar-refractivity contribution >= 4 is 5.95 Å². The number of ether oxygens (including phenoxy) is 2. The Kier molecular flexibility index (Phi) is 3.32. The molecule has 5 heteroatoms. The Hall–Kier alpha value is -2.30. The van der Waals surface area contributed by atoms with Gasteiger partial charge >= 0.3 is 0 Å². The molecule has 0 aliphatic rings. The number of benzene rings is 1. The highest BCUT2D eigenvalue weighted by molar-refractivity contribution is 5.68. The smallest absolute Gasteiger partial charge is 0.220 e. The van der Waals surface area contributed by atoms with Crippen molar-refractivity contribution in [1.82, 2.24) is 9.97 Å². The molecule has 2 aromatic rings. The van der Waals surface area contributed by atoms with E-state index in [1.807, 2.05) is 25.1 Å². The molecule has 0 saturated carbocycles. The first kappa shape index (κ1) is 12.2. The zero-order valence-corrected chi connectivity index (χ0v) is 10.6. The summed E-state index contributed by atoms with van der Waals surface area (Å²) < 4.78 is 10.5. The van der Waals surface area contributed by atoms with Crippen molar-refractivity contribution in [2.24, 2.45) is 0 Å². The Labute approximate surface area is 106 Å². The lowest BCUT2D eigenvalue weighted by Crippen LogP contribution is -1.98. The third kappa shape index (κ3) is 2.20. The van der Waals surface area contributed by atoms with E-state index in [9.17, 15) is 0 Å². The zero-order chi connectivity index (χ0) is 13.1. The highest BCUT2D eigenvalue weighted by Gasteiger charge is 2.11. The average Bonchev–Trinajstić information content (AvgIpc) is 2.38. The molecule has 5 nitrogen and oxygen atoms in total. The fourth-order valence-electron chi connectivity index (χ4n) is 1.78. The van der Waals surface area contributed by atoms with Crippen LogP contribution in [0.15, 0.2) is 24.4 Å². The van der Waals surface area contributed by atoms with Gasteiger partial charge in [-0.2, -0.15) is 0 Å². The molecule has 0 unspecified atom stereocenters. The lowest BCUT2D eigenvalue weighted by atomic mass is 10.0. The van der Waals surface area contributed by atoms with Crippen molar-refractivity contribution in [3.63, 3.8) is 0 Å². The second-order valence-corrected chi connectivity index (χ2v) is 3.82. The molecule has 2 rings (SSSR count). The number of aromatic nitrogens is 2. The van der Waals surface area contributed by atoms with E-state index < -0.39 is 0 Å². The fourth-order valence-corrected chi connectivity index (χ4v) is 1.78. The van der Waals surface area contributed by atoms with Crippen molar-refractivity contribution in [2.75, 3.05) is 20.0 Å². The first-order valence-electron chi connectivity index (χ1n) is 5.47. The molecular formula is C13H15N3O2. The molecule has 2 N–H and O–H groups in total. The number of aryl methyl sites for hydroxylation is 1. The molecule has 0 spiro atoms. The third-order valence-corrected chi connectivity index (χ3v) is 2.68. The van der Waals surface area contributed by atoms with Crippen LogP contribution < -0.4 is 15.2 Å². The van der Waals surface area contributed by atoms with Crippen molar-refractivity contribution in [3.8, 4) is 22.8 Å². The predicted molar refractivity (Wildman–Crippen MR) is 69.7 cm³/mol. The molecule has 1 aromatic carbocycles. The molecule has 0 atom stereocenters. The molecule has 0 aliphatic carbocycles. The van der Waals surface area contributed by atoms with Crippen LogP contribution in [0.2, 0.25) is 0 Å². The number of nitrogen functional groups attached to an aromatic ring is 1. The SMILES string of the molecule is COc1cc(C)c(-c2ccnc(N)n2)cc1OC. The summed E-state index contributed by atoms with van der Waals surface area (Å²) in [6, 6.07) is 5.60. The summed E-state index contributed by atoms with van der Waals surface area (Å²) in [5.74, 6) is 1.61. The molecule has 0 aliphatic heterocycles. The number of rotatable bonds is 3. The number of nitrogens with zero attached hydrogens (tertiary/aromatic N) is 2. The van der Waals surface area contributed by atoms with Crippen LogP contribution in [0.1, 0.15) is 5.56 Å². The molecule has 0 bridgehead atoms. The first-order valence-corrected chi connectivity index (χ1v) is 5.47. The Morgan fingerprint density at radius 2 is 1.78 bits per heavy atom. The van der Waals surface area contributed by atoms with Crippen LogP contribution in [0.25, 0.3) is 11.3 Å². The van der Waals surface area contributed by atoms with Gasteiger partial charge < -0.3 is 15.2 Å². The predicted octanol–water partition coefficient (Wildman–Crippen LogP) is 2.05. The van der Waals surface area contributed by atoms with Crippen LogP contribution in [-0.2, 0) is 0 Å². The average molecular weight is 245 g/mol. The molecule has 1 aromatic heterocycles. The Bertz CT molecular complexity index is 570. The van der Waals surface area contributed by atoms with Gasteiger partial charge in [-0.1, -0.05) is 0 Å². The normalized spacial score (nSPS) is 10.2. The molecule has 1 heterocycles. The van der Waals surface area contributed by atoms with Crippen LogP contribution in [-0.4, -0.2) is 24.2 Å². The summed E-state index contributed by atoms with van der Waals surface area (Å²) in [5.41, 5.74) is 8.34. The molecule has 18 heavy (non-hydrogen) atoms. The van der Waals surface area contributed by atoms with Crippen molar-refractivity contribution in [1.29, 1.82) is 0 Å². The molecule has 0 fully saturated rings. The highest BCUT2D eigenvalue weighted by Crippen LogP contribution is 2.34. The topological polar surface area (TPSA) is 70.3 Å². The maximum atomic E-state index is 5.59. The summed E-state index contributed by atoms with van der Waals surface area (Å²) in [6.07, 6.45) is 1.63. The van der Waals surface area contributed by atoms with E-state index in [1.54, 1.807) is 20.4 Å². The van der Waals surface area contributed by atoms with Gasteiger partial charge in [0.05, 0.1) is 19.9 Å². The second kappa shape index (κ2) is 4.91. The maximum Gasteiger partial charge on any atom is 0.220 e. The van der Waals surface area contributed by atoms with E-state index in [-0.39, 0.29) is 5.95 Å². The minimum absolute atomic E-state index is 0.252. The van der Waals surface area contributed by atoms with E-state index >= 15 is 0 Å². The lowest BCUT2D eigenvalue weighted by Gasteiger charge is -2.12. The summed E-state index contributed by atoms with van der Waals surface area (Å²) in [5, 5.41) is 0. The van der Waals surface area contributed by atoms with E-state index in [2.05, 4.69) is 9.97 Å². The number of hydrogen-bond acceptors (Lipinski definition) is 5. The summed E-state index contributed by atoms with van der Waals surface area (Å²) >= 11 is 0. The van der Waals surface area contributed by atoms with E-state index in [1.165, 1.54) is 0 Å². The van der Waals surface area contributed by atoms with E-state index in [0.29, 0.717) is 11.5 Å². The van der Waals surface area contributed by atoms with Crippen molar-refractivity contribution in [2.45, 2.75) is 6.92 Å². The van der Waals surface area contributed by atoms with Gasteiger partial charge in [-0.25, -0.2) is 9.97 Å². The molecule has 94 valence electrons. The second-order valence-electron chi connectivity index (χ2n) is 3.82. The van der Waals surface area contributed by atoms with Crippen LogP contribution in [0.4, 0.5) is 5.95 Å². The molecular weight excluding hydrogens is 230 g/mol. The van der Waals surface area contributed by atoms with Crippen LogP contribution in [0.5, 0.6) is 11.5 Å². The minimum atomic E-state index is 0.252. The van der Waals surface area contributed by atoms with Crippen molar-refractivity contribution < 1.29 is 9.47 Å². The van der Waals surface area contributed by atoms with Gasteiger partial charge in [-0.15, -0.1) is 0 Å². The minimum Gasteiger partial charge on any atom is -0.493 e. The maximum absolute atomic E-state index is 5.59. The number of anilines is 1. The number of nitrogens with two attached hydrogens (primary N) is 1. The van der Waals surface area contributed by atoms with E-state index in [4.69, 9.17) is 15.2 Å². The van der Waals surface area contributed by atoms with Gasteiger partial charge in [0.2, 0.25) is 5.95 Å². The molecule has 0 radical (unpaired) electrons. The largest absolute Gasteiger partial charge is 0.493 e. The quantitative estimate of drug-likeness (QED) is 0.896. The third-order valence-electron chi connectivity index (χ3n) is 2.68. The van der Waals surface area contributed by atoms with Gasteiger partial charge in [-0.3, -0.25) is 0 Å². The molecule has 0 amide bonds. The Balaban J connectivity index is 2.57. The summed E-state index contributed by atoms with van der Waals surface area (Å²) in [4.78, 5) is 8.09. The number of methoxy groups -OCH3 is 2. The summed E-state index contributed by atoms with van der Waals surface area (Å²) in [6.45, 7) is 1.98. The van der Waals surface area contributed by atoms with Crippen LogP contribution >= 0.6 is 0 Å². The van der Waals surface area contributed by atoms with E-state index in [0.717, 1.165) is 16.8 Å². The van der Waals surface area contributed by atoms with Crippen molar-refractivity contribution in [3.05, 3.63) is 30.0 Å². The zero-order valence-electron chi connectivity index (χ0n) is 10.6. The van der Waals surface area contributed by atoms with Gasteiger partial charge in [0.25, 0.3) is 0 Å². The van der Waals surface area contributed by atoms with Gasteiger partial charge in [-0.05, 0) is 30.7 Å². The highest BCUT2D eigenvalue weighted by atomic mass is 16.5. The monoisotopic (exact) mass is 245 g/mol. The summed E-state index contributed by atoms with van der Waals surface area (Å²) in [7, 11) is 3.21. The Morgan fingerprint density at radius 1 is 1.11 bits per heavy atom. The first-order chi connectivity index (χ1) is 8.65. The standard InChI is InChI=1S/C13H15N3O2/c1-8-6-11(17-2)12(18-3)7-9(8)10-4-5-15-13(14)16-10/h4-7H,1-3H3,(H2,14,15,16). The fraction of sp³-hybridized carbons (Fsp3) is 0.231. The Morgan fingerprint density at radius 3 is 2.39 bits per heavy atom. The van der Waals surface area contributed by atoms with Gasteiger partial charge in [0.1, 0.15) is 0 Å². The van der Waals surface area contributed by atoms with Gasteiger partial charge in [0, 0.05) is 11.8 Å². The lowest BCUT2D eigenvalue weighted by molar-refractivity contribution is 0.355.